The molecular weight excluding hydrogens is 357 g/mol. The van der Waals surface area contributed by atoms with Crippen LogP contribution in [0.25, 0.3) is 0 Å². The van der Waals surface area contributed by atoms with Gasteiger partial charge in [0.2, 0.25) is 0 Å². The molecule has 0 aliphatic carbocycles. The molecule has 1 aliphatic heterocycles. The summed E-state index contributed by atoms with van der Waals surface area (Å²) in [6.07, 6.45) is -5.94. The normalized spacial score (nSPS) is 20.5. The molecule has 8 heteroatoms. The molecular formula is C17H12ClF3N2O2. The van der Waals surface area contributed by atoms with Crippen LogP contribution in [0.4, 0.5) is 13.2 Å². The largest absolute Gasteiger partial charge is 0.438 e. The van der Waals surface area contributed by atoms with Crippen LogP contribution in [-0.2, 0) is 0 Å². The molecule has 1 N–H and O–H groups in total. The van der Waals surface area contributed by atoms with E-state index >= 15 is 0 Å². The molecule has 130 valence electrons. The monoisotopic (exact) mass is 368 g/mol. The van der Waals surface area contributed by atoms with E-state index in [-0.39, 0.29) is 16.3 Å². The zero-order valence-corrected chi connectivity index (χ0v) is 13.4. The zero-order chi connectivity index (χ0) is 18.2. The molecule has 1 heterocycles. The number of carbonyl (C=O) groups excluding carboxylic acids is 1. The van der Waals surface area contributed by atoms with Gasteiger partial charge in [0, 0.05) is 10.6 Å². The zero-order valence-electron chi connectivity index (χ0n) is 12.7. The predicted octanol–water partition coefficient (Wildman–Crippen LogP) is 3.84. The highest BCUT2D eigenvalue weighted by Gasteiger charge is 2.63. The molecule has 0 fully saturated rings. The van der Waals surface area contributed by atoms with Crippen molar-refractivity contribution in [3.8, 4) is 0 Å². The molecule has 25 heavy (non-hydrogen) atoms. The summed E-state index contributed by atoms with van der Waals surface area (Å²) in [7, 11) is 0. The highest BCUT2D eigenvalue weighted by Crippen LogP contribution is 2.42. The minimum Gasteiger partial charge on any atom is -0.362 e. The fraction of sp³-hybridized carbons (Fsp3) is 0.176. The van der Waals surface area contributed by atoms with Gasteiger partial charge in [-0.15, -0.1) is 0 Å². The Morgan fingerprint density at radius 2 is 1.72 bits per heavy atom. The van der Waals surface area contributed by atoms with Crippen molar-refractivity contribution in [2.45, 2.75) is 18.3 Å². The third-order valence-electron chi connectivity index (χ3n) is 3.83. The van der Waals surface area contributed by atoms with Gasteiger partial charge in [0.1, 0.15) is 0 Å². The number of rotatable bonds is 2. The lowest BCUT2D eigenvalue weighted by atomic mass is 10.0. The summed E-state index contributed by atoms with van der Waals surface area (Å²) >= 11 is 5.77. The number of amides is 1. The summed E-state index contributed by atoms with van der Waals surface area (Å²) in [5, 5.41) is 14.5. The van der Waals surface area contributed by atoms with E-state index in [1.54, 1.807) is 6.07 Å². The van der Waals surface area contributed by atoms with E-state index in [1.165, 1.54) is 48.5 Å². The number of hydrogen-bond donors (Lipinski definition) is 1. The first kappa shape index (κ1) is 17.4. The summed E-state index contributed by atoms with van der Waals surface area (Å²) in [6, 6.07) is 13.3. The number of alkyl halides is 3. The molecule has 1 unspecified atom stereocenters. The quantitative estimate of drug-likeness (QED) is 0.875. The van der Waals surface area contributed by atoms with E-state index in [9.17, 15) is 23.1 Å². The molecule has 0 saturated heterocycles. The van der Waals surface area contributed by atoms with Crippen molar-refractivity contribution < 1.29 is 23.1 Å². The van der Waals surface area contributed by atoms with E-state index in [4.69, 9.17) is 11.6 Å². The lowest BCUT2D eigenvalue weighted by Crippen LogP contribution is -2.56. The Hall–Kier alpha value is -2.38. The van der Waals surface area contributed by atoms with Gasteiger partial charge in [-0.1, -0.05) is 41.9 Å². The van der Waals surface area contributed by atoms with Gasteiger partial charge in [-0.2, -0.15) is 23.3 Å². The van der Waals surface area contributed by atoms with Crippen LogP contribution in [0.3, 0.4) is 0 Å². The van der Waals surface area contributed by atoms with Crippen molar-refractivity contribution in [3.05, 3.63) is 70.7 Å². The van der Waals surface area contributed by atoms with Crippen LogP contribution in [0.15, 0.2) is 59.7 Å². The van der Waals surface area contributed by atoms with Gasteiger partial charge in [0.15, 0.2) is 0 Å². The summed E-state index contributed by atoms with van der Waals surface area (Å²) in [5.74, 6) is -1.04. The maximum atomic E-state index is 13.5. The molecule has 3 rings (SSSR count). The maximum absolute atomic E-state index is 13.5. The van der Waals surface area contributed by atoms with Gasteiger partial charge in [-0.3, -0.25) is 4.79 Å². The highest BCUT2D eigenvalue weighted by atomic mass is 35.5. The van der Waals surface area contributed by atoms with Crippen LogP contribution >= 0.6 is 11.6 Å². The number of halogens is 4. The predicted molar refractivity (Wildman–Crippen MR) is 86.2 cm³/mol. The van der Waals surface area contributed by atoms with E-state index in [2.05, 4.69) is 5.10 Å². The minimum absolute atomic E-state index is 0.00807. The first-order chi connectivity index (χ1) is 11.7. The Labute approximate surface area is 146 Å². The molecule has 1 atom stereocenters. The number of nitrogens with zero attached hydrogens (tertiary/aromatic N) is 2. The van der Waals surface area contributed by atoms with E-state index in [1.807, 2.05) is 0 Å². The van der Waals surface area contributed by atoms with Crippen LogP contribution in [-0.4, -0.2) is 33.6 Å². The molecule has 0 bridgehead atoms. The number of carbonyl (C=O) groups is 1. The first-order valence-corrected chi connectivity index (χ1v) is 7.62. The topological polar surface area (TPSA) is 52.9 Å². The van der Waals surface area contributed by atoms with Crippen molar-refractivity contribution in [2.75, 3.05) is 0 Å². The third kappa shape index (κ3) is 3.12. The summed E-state index contributed by atoms with van der Waals surface area (Å²) in [4.78, 5) is 12.5. The third-order valence-corrected chi connectivity index (χ3v) is 4.08. The average molecular weight is 369 g/mol. The lowest BCUT2D eigenvalue weighted by molar-refractivity contribution is -0.297. The Morgan fingerprint density at radius 1 is 1.12 bits per heavy atom. The van der Waals surface area contributed by atoms with Gasteiger partial charge in [-0.05, 0) is 29.8 Å². The molecule has 0 radical (unpaired) electrons. The second-order valence-electron chi connectivity index (χ2n) is 5.53. The van der Waals surface area contributed by atoms with Crippen molar-refractivity contribution in [2.24, 2.45) is 5.10 Å². The maximum Gasteiger partial charge on any atom is 0.438 e. The molecule has 2 aromatic rings. The van der Waals surface area contributed by atoms with Crippen molar-refractivity contribution in [1.82, 2.24) is 5.01 Å². The Balaban J connectivity index is 2.04. The van der Waals surface area contributed by atoms with E-state index < -0.39 is 24.2 Å². The molecule has 1 aliphatic rings. The fourth-order valence-electron chi connectivity index (χ4n) is 2.49. The van der Waals surface area contributed by atoms with Gasteiger partial charge in [0.25, 0.3) is 11.6 Å². The van der Waals surface area contributed by atoms with Crippen LogP contribution < -0.4 is 0 Å². The number of benzene rings is 2. The van der Waals surface area contributed by atoms with Gasteiger partial charge in [-0.25, -0.2) is 0 Å². The van der Waals surface area contributed by atoms with Gasteiger partial charge in [0.05, 0.1) is 12.1 Å². The van der Waals surface area contributed by atoms with Crippen LogP contribution in [0, 0.1) is 0 Å². The van der Waals surface area contributed by atoms with Crippen molar-refractivity contribution >= 4 is 23.2 Å². The van der Waals surface area contributed by atoms with Crippen LogP contribution in [0.2, 0.25) is 5.02 Å². The summed E-state index contributed by atoms with van der Waals surface area (Å²) < 4.78 is 40.5. The summed E-state index contributed by atoms with van der Waals surface area (Å²) in [5.41, 5.74) is -3.13. The Kier molecular flexibility index (Phi) is 4.30. The summed E-state index contributed by atoms with van der Waals surface area (Å²) in [6.45, 7) is 0. The van der Waals surface area contributed by atoms with Crippen LogP contribution in [0.1, 0.15) is 22.3 Å². The second-order valence-corrected chi connectivity index (χ2v) is 5.96. The molecule has 0 aromatic heterocycles. The van der Waals surface area contributed by atoms with E-state index in [0.29, 0.717) is 10.6 Å². The smallest absolute Gasteiger partial charge is 0.362 e. The minimum atomic E-state index is -5.07. The average Bonchev–Trinajstić information content (AvgIpc) is 2.94. The molecule has 4 nitrogen and oxygen atoms in total. The SMILES string of the molecule is O=C(c1ccccc1)N1N=C(c2ccc(Cl)cc2)CC1(O)C(F)(F)F. The number of hydrogen-bond acceptors (Lipinski definition) is 3. The van der Waals surface area contributed by atoms with Gasteiger partial charge >= 0.3 is 6.18 Å². The van der Waals surface area contributed by atoms with Gasteiger partial charge < -0.3 is 5.11 Å². The molecule has 0 spiro atoms. The highest BCUT2D eigenvalue weighted by molar-refractivity contribution is 6.30. The fourth-order valence-corrected chi connectivity index (χ4v) is 2.61. The molecule has 1 amide bonds. The second kappa shape index (κ2) is 6.16. The standard InChI is InChI=1S/C17H12ClF3N2O2/c18-13-8-6-11(7-9-13)14-10-16(25,17(19,20)21)23(22-14)15(24)12-4-2-1-3-5-12/h1-9,25H,10H2. The molecule has 2 aromatic carbocycles. The van der Waals surface area contributed by atoms with Crippen molar-refractivity contribution in [3.63, 3.8) is 0 Å². The first-order valence-electron chi connectivity index (χ1n) is 7.24. The molecule has 0 saturated carbocycles. The van der Waals surface area contributed by atoms with Crippen LogP contribution in [0.5, 0.6) is 0 Å². The number of aliphatic hydroxyl groups is 1. The number of hydrazone groups is 1. The Bertz CT molecular complexity index is 822. The van der Waals surface area contributed by atoms with Crippen molar-refractivity contribution in [1.29, 1.82) is 0 Å². The van der Waals surface area contributed by atoms with E-state index in [0.717, 1.165) is 0 Å². The Morgan fingerprint density at radius 3 is 2.28 bits per heavy atom. The lowest BCUT2D eigenvalue weighted by Gasteiger charge is -2.32.